The molecule has 0 aliphatic carbocycles. The van der Waals surface area contributed by atoms with Gasteiger partial charge in [0.15, 0.2) is 0 Å². The van der Waals surface area contributed by atoms with Crippen LogP contribution >= 0.6 is 11.3 Å². The van der Waals surface area contributed by atoms with E-state index in [9.17, 15) is 8.42 Å². The van der Waals surface area contributed by atoms with E-state index < -0.39 is 10.0 Å². The van der Waals surface area contributed by atoms with Gasteiger partial charge in [-0.2, -0.15) is 4.31 Å². The number of piperazine rings is 1. The molecule has 7 nitrogen and oxygen atoms in total. The zero-order valence-corrected chi connectivity index (χ0v) is 20.1. The highest BCUT2D eigenvalue weighted by molar-refractivity contribution is 7.89. The van der Waals surface area contributed by atoms with Gasteiger partial charge in [-0.15, -0.1) is 11.3 Å². The maximum Gasteiger partial charge on any atom is 0.243 e. The molecular weight excluding hydrogens is 456 g/mol. The number of hydrogen-bond acceptors (Lipinski definition) is 7. The first-order valence-electron chi connectivity index (χ1n) is 10.7. The Morgan fingerprint density at radius 3 is 2.30 bits per heavy atom. The maximum atomic E-state index is 13.1. The predicted octanol–water partition coefficient (Wildman–Crippen LogP) is 4.19. The number of sulfonamides is 1. The summed E-state index contributed by atoms with van der Waals surface area (Å²) < 4.78 is 32.9. The number of ether oxygens (including phenoxy) is 1. The lowest BCUT2D eigenvalue weighted by molar-refractivity contribution is 0.384. The zero-order chi connectivity index (χ0) is 23.0. The van der Waals surface area contributed by atoms with Gasteiger partial charge in [-0.05, 0) is 36.8 Å². The molecule has 0 N–H and O–H groups in total. The summed E-state index contributed by atoms with van der Waals surface area (Å²) in [6, 6.07) is 15.0. The van der Waals surface area contributed by atoms with E-state index in [4.69, 9.17) is 4.74 Å². The second-order valence-corrected chi connectivity index (χ2v) is 10.8. The summed E-state index contributed by atoms with van der Waals surface area (Å²) in [5.41, 5.74) is 3.45. The molecule has 1 fully saturated rings. The number of hydrogen-bond donors (Lipinski definition) is 0. The number of thiophene rings is 1. The van der Waals surface area contributed by atoms with E-state index in [0.717, 1.165) is 27.2 Å². The molecule has 3 heterocycles. The van der Waals surface area contributed by atoms with Crippen molar-refractivity contribution in [3.63, 3.8) is 0 Å². The molecule has 1 saturated heterocycles. The Morgan fingerprint density at radius 1 is 0.939 bits per heavy atom. The monoisotopic (exact) mass is 480 g/mol. The summed E-state index contributed by atoms with van der Waals surface area (Å²) in [6.45, 7) is 3.98. The van der Waals surface area contributed by atoms with Gasteiger partial charge < -0.3 is 9.64 Å². The van der Waals surface area contributed by atoms with Crippen molar-refractivity contribution in [1.82, 2.24) is 14.3 Å². The lowest BCUT2D eigenvalue weighted by Crippen LogP contribution is -2.49. The fraction of sp³-hybridized carbons (Fsp3) is 0.250. The lowest BCUT2D eigenvalue weighted by atomic mass is 10.0. The van der Waals surface area contributed by atoms with Gasteiger partial charge in [-0.3, -0.25) is 0 Å². The van der Waals surface area contributed by atoms with Gasteiger partial charge in [0.2, 0.25) is 10.0 Å². The highest BCUT2D eigenvalue weighted by Gasteiger charge is 2.30. The van der Waals surface area contributed by atoms with Crippen molar-refractivity contribution in [2.75, 3.05) is 38.2 Å². The standard InChI is InChI=1S/C24H24N4O3S2/c1-17-3-5-18(6-4-17)21-15-32-24-22(21)23(25-16-26-24)27-11-13-28(14-12-27)33(29,30)20-9-7-19(31-2)8-10-20/h3-10,15-16H,11-14H2,1-2H3. The molecule has 1 aliphatic heterocycles. The van der Waals surface area contributed by atoms with Gasteiger partial charge in [0.25, 0.3) is 0 Å². The van der Waals surface area contributed by atoms with Crippen LogP contribution in [0, 0.1) is 6.92 Å². The smallest absolute Gasteiger partial charge is 0.243 e. The molecule has 0 spiro atoms. The van der Waals surface area contributed by atoms with Crippen molar-refractivity contribution in [2.24, 2.45) is 0 Å². The largest absolute Gasteiger partial charge is 0.497 e. The Morgan fingerprint density at radius 2 is 1.64 bits per heavy atom. The number of fused-ring (bicyclic) bond motifs is 1. The molecule has 2 aromatic heterocycles. The van der Waals surface area contributed by atoms with Gasteiger partial charge in [0.1, 0.15) is 22.7 Å². The van der Waals surface area contributed by atoms with Crippen LogP contribution in [0.5, 0.6) is 5.75 Å². The molecule has 4 aromatic rings. The normalized spacial score (nSPS) is 15.2. The van der Waals surface area contributed by atoms with Crippen LogP contribution in [-0.4, -0.2) is 56.0 Å². The Kier molecular flexibility index (Phi) is 5.77. The number of aromatic nitrogens is 2. The fourth-order valence-electron chi connectivity index (χ4n) is 4.08. The van der Waals surface area contributed by atoms with Gasteiger partial charge in [-0.25, -0.2) is 18.4 Å². The molecule has 0 bridgehead atoms. The molecular formula is C24H24N4O3S2. The average Bonchev–Trinajstić information content (AvgIpc) is 3.29. The topological polar surface area (TPSA) is 75.6 Å². The molecule has 33 heavy (non-hydrogen) atoms. The minimum atomic E-state index is -3.56. The highest BCUT2D eigenvalue weighted by atomic mass is 32.2. The van der Waals surface area contributed by atoms with Crippen LogP contribution < -0.4 is 9.64 Å². The van der Waals surface area contributed by atoms with Crippen molar-refractivity contribution in [1.29, 1.82) is 0 Å². The first-order chi connectivity index (χ1) is 16.0. The number of rotatable bonds is 5. The molecule has 0 radical (unpaired) electrons. The summed E-state index contributed by atoms with van der Waals surface area (Å²) in [5, 5.41) is 3.15. The van der Waals surface area contributed by atoms with E-state index in [1.165, 1.54) is 9.87 Å². The summed E-state index contributed by atoms with van der Waals surface area (Å²) in [5.74, 6) is 1.49. The maximum absolute atomic E-state index is 13.1. The second kappa shape index (κ2) is 8.74. The van der Waals surface area contributed by atoms with E-state index in [1.807, 2.05) is 0 Å². The van der Waals surface area contributed by atoms with Gasteiger partial charge >= 0.3 is 0 Å². The Bertz CT molecular complexity index is 1380. The molecule has 0 atom stereocenters. The molecule has 9 heteroatoms. The average molecular weight is 481 g/mol. The Balaban J connectivity index is 1.40. The SMILES string of the molecule is COc1ccc(S(=O)(=O)N2CCN(c3ncnc4scc(-c5ccc(C)cc5)c34)CC2)cc1. The Labute approximate surface area is 197 Å². The molecule has 5 rings (SSSR count). The molecule has 0 amide bonds. The van der Waals surface area contributed by atoms with Gasteiger partial charge in [-0.1, -0.05) is 29.8 Å². The van der Waals surface area contributed by atoms with E-state index in [-0.39, 0.29) is 4.90 Å². The number of nitrogens with zero attached hydrogens (tertiary/aromatic N) is 4. The summed E-state index contributed by atoms with van der Waals surface area (Å²) >= 11 is 1.60. The van der Waals surface area contributed by atoms with E-state index >= 15 is 0 Å². The second-order valence-electron chi connectivity index (χ2n) is 7.96. The molecule has 0 saturated carbocycles. The predicted molar refractivity (Wildman–Crippen MR) is 132 cm³/mol. The van der Waals surface area contributed by atoms with Crippen LogP contribution in [0.25, 0.3) is 21.3 Å². The van der Waals surface area contributed by atoms with E-state index in [0.29, 0.717) is 31.9 Å². The van der Waals surface area contributed by atoms with Gasteiger partial charge in [0, 0.05) is 37.1 Å². The minimum absolute atomic E-state index is 0.278. The van der Waals surface area contributed by atoms with Crippen molar-refractivity contribution in [3.05, 3.63) is 65.8 Å². The number of aryl methyl sites for hydroxylation is 1. The molecule has 1 aliphatic rings. The third kappa shape index (κ3) is 4.07. The third-order valence-corrected chi connectivity index (χ3v) is 8.75. The van der Waals surface area contributed by atoms with Crippen LogP contribution in [0.4, 0.5) is 5.82 Å². The number of benzene rings is 2. The fourth-order valence-corrected chi connectivity index (χ4v) is 6.41. The highest BCUT2D eigenvalue weighted by Crippen LogP contribution is 2.38. The first-order valence-corrected chi connectivity index (χ1v) is 13.0. The Hall–Kier alpha value is -3.01. The minimum Gasteiger partial charge on any atom is -0.497 e. The van der Waals surface area contributed by atoms with Crippen LogP contribution in [0.3, 0.4) is 0 Å². The molecule has 170 valence electrons. The number of anilines is 1. The van der Waals surface area contributed by atoms with Gasteiger partial charge in [0.05, 0.1) is 17.4 Å². The van der Waals surface area contributed by atoms with Crippen molar-refractivity contribution in [3.8, 4) is 16.9 Å². The van der Waals surface area contributed by atoms with Crippen molar-refractivity contribution < 1.29 is 13.2 Å². The van der Waals surface area contributed by atoms with E-state index in [2.05, 4.69) is 51.4 Å². The molecule has 2 aromatic carbocycles. The van der Waals surface area contributed by atoms with Crippen LogP contribution in [0.15, 0.2) is 65.1 Å². The zero-order valence-electron chi connectivity index (χ0n) is 18.4. The van der Waals surface area contributed by atoms with Crippen molar-refractivity contribution >= 4 is 37.4 Å². The summed E-state index contributed by atoms with van der Waals surface area (Å²) in [6.07, 6.45) is 1.59. The van der Waals surface area contributed by atoms with Crippen LogP contribution in [0.1, 0.15) is 5.56 Å². The van der Waals surface area contributed by atoms with Crippen molar-refractivity contribution in [2.45, 2.75) is 11.8 Å². The van der Waals surface area contributed by atoms with Crippen LogP contribution in [0.2, 0.25) is 0 Å². The molecule has 0 unspecified atom stereocenters. The number of methoxy groups -OCH3 is 1. The summed E-state index contributed by atoms with van der Waals surface area (Å²) in [7, 11) is -2.00. The summed E-state index contributed by atoms with van der Waals surface area (Å²) in [4.78, 5) is 12.5. The quantitative estimate of drug-likeness (QED) is 0.426. The third-order valence-electron chi connectivity index (χ3n) is 5.95. The van der Waals surface area contributed by atoms with Crippen LogP contribution in [-0.2, 0) is 10.0 Å². The van der Waals surface area contributed by atoms with E-state index in [1.54, 1.807) is 49.0 Å². The lowest BCUT2D eigenvalue weighted by Gasteiger charge is -2.35. The first kappa shape index (κ1) is 21.8.